The van der Waals surface area contributed by atoms with E-state index < -0.39 is 0 Å². The molecule has 1 rings (SSSR count). The van der Waals surface area contributed by atoms with Crippen molar-refractivity contribution in [1.82, 2.24) is 10.6 Å². The van der Waals surface area contributed by atoms with Crippen molar-refractivity contribution in [2.75, 3.05) is 13.1 Å². The first-order chi connectivity index (χ1) is 8.09. The van der Waals surface area contributed by atoms with Gasteiger partial charge in [-0.3, -0.25) is 0 Å². The first kappa shape index (κ1) is 14.6. The minimum Gasteiger partial charge on any atom is -0.314 e. The predicted molar refractivity (Wildman–Crippen MR) is 73.6 cm³/mol. The summed E-state index contributed by atoms with van der Waals surface area (Å²) < 4.78 is 14.0. The summed E-state index contributed by atoms with van der Waals surface area (Å²) in [5, 5.41) is 6.66. The number of nitrogens with one attached hydrogen (secondary N) is 2. The van der Waals surface area contributed by atoms with Gasteiger partial charge in [-0.1, -0.05) is 29.8 Å². The monoisotopic (exact) mass is 302 g/mol. The van der Waals surface area contributed by atoms with Gasteiger partial charge in [0.15, 0.2) is 0 Å². The van der Waals surface area contributed by atoms with Crippen LogP contribution in [-0.2, 0) is 6.54 Å². The molecule has 1 aromatic carbocycles. The minimum absolute atomic E-state index is 0.188. The van der Waals surface area contributed by atoms with E-state index in [4.69, 9.17) is 0 Å². The van der Waals surface area contributed by atoms with Gasteiger partial charge in [0.1, 0.15) is 5.82 Å². The average molecular weight is 303 g/mol. The van der Waals surface area contributed by atoms with Gasteiger partial charge in [0.25, 0.3) is 0 Å². The van der Waals surface area contributed by atoms with Crippen molar-refractivity contribution >= 4 is 15.9 Å². The Hall–Kier alpha value is -0.450. The maximum atomic E-state index is 13.0. The summed E-state index contributed by atoms with van der Waals surface area (Å²) in [6, 6.07) is 5.29. The molecule has 0 radical (unpaired) electrons. The SMILES string of the molecule is CC(C)NCCCNCc1cc(F)ccc1Br. The second kappa shape index (κ2) is 7.80. The molecule has 0 aliphatic rings. The number of hydrogen-bond acceptors (Lipinski definition) is 2. The van der Waals surface area contributed by atoms with Gasteiger partial charge in [0, 0.05) is 17.1 Å². The van der Waals surface area contributed by atoms with Crippen LogP contribution in [-0.4, -0.2) is 19.1 Å². The fourth-order valence-electron chi connectivity index (χ4n) is 1.51. The predicted octanol–water partition coefficient (Wildman–Crippen LogP) is 3.07. The standard InChI is InChI=1S/C13H20BrFN2/c1-10(2)17-7-3-6-16-9-11-8-12(15)4-5-13(11)14/h4-5,8,10,16-17H,3,6-7,9H2,1-2H3. The van der Waals surface area contributed by atoms with E-state index >= 15 is 0 Å². The molecule has 2 nitrogen and oxygen atoms in total. The third-order valence-electron chi connectivity index (χ3n) is 2.41. The summed E-state index contributed by atoms with van der Waals surface area (Å²) in [7, 11) is 0. The van der Waals surface area contributed by atoms with Crippen LogP contribution in [0.5, 0.6) is 0 Å². The van der Waals surface area contributed by atoms with Crippen LogP contribution in [0, 0.1) is 5.82 Å². The number of hydrogen-bond donors (Lipinski definition) is 2. The van der Waals surface area contributed by atoms with Crippen molar-refractivity contribution < 1.29 is 4.39 Å². The van der Waals surface area contributed by atoms with E-state index in [1.807, 2.05) is 0 Å². The Morgan fingerprint density at radius 1 is 1.29 bits per heavy atom. The van der Waals surface area contributed by atoms with Gasteiger partial charge in [-0.25, -0.2) is 4.39 Å². The van der Waals surface area contributed by atoms with Gasteiger partial charge in [-0.05, 0) is 43.3 Å². The molecule has 0 aliphatic carbocycles. The Bertz CT molecular complexity index is 342. The van der Waals surface area contributed by atoms with E-state index in [0.29, 0.717) is 12.6 Å². The fourth-order valence-corrected chi connectivity index (χ4v) is 1.89. The molecule has 0 saturated carbocycles. The lowest BCUT2D eigenvalue weighted by molar-refractivity contribution is 0.546. The van der Waals surface area contributed by atoms with Crippen LogP contribution in [0.25, 0.3) is 0 Å². The van der Waals surface area contributed by atoms with E-state index in [-0.39, 0.29) is 5.82 Å². The Morgan fingerprint density at radius 2 is 2.06 bits per heavy atom. The fraction of sp³-hybridized carbons (Fsp3) is 0.538. The largest absolute Gasteiger partial charge is 0.314 e. The topological polar surface area (TPSA) is 24.1 Å². The van der Waals surface area contributed by atoms with E-state index in [9.17, 15) is 4.39 Å². The van der Waals surface area contributed by atoms with Crippen LogP contribution in [0.4, 0.5) is 4.39 Å². The van der Waals surface area contributed by atoms with Crippen LogP contribution < -0.4 is 10.6 Å². The molecule has 0 atom stereocenters. The molecule has 0 spiro atoms. The molecule has 0 aliphatic heterocycles. The lowest BCUT2D eigenvalue weighted by atomic mass is 10.2. The van der Waals surface area contributed by atoms with Crippen molar-refractivity contribution in [2.24, 2.45) is 0 Å². The summed E-state index contributed by atoms with van der Waals surface area (Å²) in [6.07, 6.45) is 1.07. The highest BCUT2D eigenvalue weighted by Crippen LogP contribution is 2.17. The van der Waals surface area contributed by atoms with Crippen LogP contribution in [0.3, 0.4) is 0 Å². The van der Waals surface area contributed by atoms with Gasteiger partial charge in [0.2, 0.25) is 0 Å². The molecular weight excluding hydrogens is 283 g/mol. The zero-order valence-electron chi connectivity index (χ0n) is 10.4. The molecule has 2 N–H and O–H groups in total. The van der Waals surface area contributed by atoms with Crippen LogP contribution >= 0.6 is 15.9 Å². The molecule has 0 bridgehead atoms. The van der Waals surface area contributed by atoms with E-state index in [1.165, 1.54) is 6.07 Å². The zero-order valence-corrected chi connectivity index (χ0v) is 12.0. The van der Waals surface area contributed by atoms with E-state index in [2.05, 4.69) is 40.4 Å². The molecule has 4 heteroatoms. The van der Waals surface area contributed by atoms with Crippen LogP contribution in [0.2, 0.25) is 0 Å². The lowest BCUT2D eigenvalue weighted by Gasteiger charge is -2.09. The van der Waals surface area contributed by atoms with Gasteiger partial charge in [0.05, 0.1) is 0 Å². The number of benzene rings is 1. The molecule has 0 saturated heterocycles. The molecule has 0 fully saturated rings. The molecule has 0 amide bonds. The second-order valence-electron chi connectivity index (χ2n) is 4.37. The maximum Gasteiger partial charge on any atom is 0.123 e. The van der Waals surface area contributed by atoms with E-state index in [1.54, 1.807) is 12.1 Å². The number of halogens is 2. The van der Waals surface area contributed by atoms with Gasteiger partial charge in [-0.15, -0.1) is 0 Å². The smallest absolute Gasteiger partial charge is 0.123 e. The number of rotatable bonds is 7. The summed E-state index contributed by atoms with van der Waals surface area (Å²) >= 11 is 3.41. The average Bonchev–Trinajstić information content (AvgIpc) is 2.27. The quantitative estimate of drug-likeness (QED) is 0.757. The molecule has 0 aromatic heterocycles. The third-order valence-corrected chi connectivity index (χ3v) is 3.18. The molecule has 0 unspecified atom stereocenters. The highest BCUT2D eigenvalue weighted by atomic mass is 79.9. The molecular formula is C13H20BrFN2. The minimum atomic E-state index is -0.188. The Labute approximate surface area is 111 Å². The van der Waals surface area contributed by atoms with Gasteiger partial charge >= 0.3 is 0 Å². The first-order valence-corrected chi connectivity index (χ1v) is 6.77. The zero-order chi connectivity index (χ0) is 12.7. The first-order valence-electron chi connectivity index (χ1n) is 5.97. The summed E-state index contributed by atoms with van der Waals surface area (Å²) in [5.74, 6) is -0.188. The third kappa shape index (κ3) is 6.15. The van der Waals surface area contributed by atoms with Crippen LogP contribution in [0.15, 0.2) is 22.7 Å². The van der Waals surface area contributed by atoms with Crippen molar-refractivity contribution in [2.45, 2.75) is 32.9 Å². The van der Waals surface area contributed by atoms with Crippen molar-refractivity contribution in [3.05, 3.63) is 34.1 Å². The van der Waals surface area contributed by atoms with Crippen molar-refractivity contribution in [3.63, 3.8) is 0 Å². The van der Waals surface area contributed by atoms with E-state index in [0.717, 1.165) is 29.5 Å². The van der Waals surface area contributed by atoms with Gasteiger partial charge < -0.3 is 10.6 Å². The highest BCUT2D eigenvalue weighted by molar-refractivity contribution is 9.10. The Morgan fingerprint density at radius 3 is 2.76 bits per heavy atom. The molecule has 17 heavy (non-hydrogen) atoms. The summed E-state index contributed by atoms with van der Waals surface area (Å²) in [6.45, 7) is 6.91. The molecule has 1 aromatic rings. The second-order valence-corrected chi connectivity index (χ2v) is 5.23. The lowest BCUT2D eigenvalue weighted by Crippen LogP contribution is -2.26. The molecule has 96 valence electrons. The summed E-state index contributed by atoms with van der Waals surface area (Å²) in [5.41, 5.74) is 0.960. The van der Waals surface area contributed by atoms with Crippen molar-refractivity contribution in [3.8, 4) is 0 Å². The molecule has 0 heterocycles. The van der Waals surface area contributed by atoms with Crippen molar-refractivity contribution in [1.29, 1.82) is 0 Å². The summed E-state index contributed by atoms with van der Waals surface area (Å²) in [4.78, 5) is 0. The maximum absolute atomic E-state index is 13.0. The Kier molecular flexibility index (Phi) is 6.70. The highest BCUT2D eigenvalue weighted by Gasteiger charge is 2.01. The normalized spacial score (nSPS) is 11.1. The van der Waals surface area contributed by atoms with Crippen LogP contribution in [0.1, 0.15) is 25.8 Å². The Balaban J connectivity index is 2.20. The van der Waals surface area contributed by atoms with Gasteiger partial charge in [-0.2, -0.15) is 0 Å².